The summed E-state index contributed by atoms with van der Waals surface area (Å²) in [5, 5.41) is 15.9. The Hall–Kier alpha value is -3.99. The van der Waals surface area contributed by atoms with Gasteiger partial charge in [-0.3, -0.25) is 9.69 Å². The highest BCUT2D eigenvalue weighted by Crippen LogP contribution is 2.29. The lowest BCUT2D eigenvalue weighted by atomic mass is 9.93. The number of hydrogen-bond donors (Lipinski definition) is 3. The third kappa shape index (κ3) is 7.02. The number of ether oxygens (including phenoxy) is 2. The van der Waals surface area contributed by atoms with Crippen molar-refractivity contribution >= 4 is 23.5 Å². The zero-order chi connectivity index (χ0) is 29.6. The van der Waals surface area contributed by atoms with E-state index in [0.29, 0.717) is 5.69 Å². The molecule has 4 atom stereocenters. The monoisotopic (exact) mass is 562 g/mol. The smallest absolute Gasteiger partial charge is 0.340 e. The van der Waals surface area contributed by atoms with E-state index in [9.17, 15) is 19.5 Å². The van der Waals surface area contributed by atoms with Gasteiger partial charge in [-0.05, 0) is 36.3 Å². The van der Waals surface area contributed by atoms with E-state index in [-0.39, 0.29) is 31.9 Å². The number of amides is 2. The van der Waals surface area contributed by atoms with Crippen molar-refractivity contribution in [3.63, 3.8) is 0 Å². The molecule has 1 aliphatic heterocycles. The lowest BCUT2D eigenvalue weighted by Crippen LogP contribution is -2.50. The number of para-hydroxylation sites is 1. The summed E-state index contributed by atoms with van der Waals surface area (Å²) in [7, 11) is 5.26. The fourth-order valence-electron chi connectivity index (χ4n) is 5.25. The Labute approximate surface area is 240 Å². The molecule has 0 spiro atoms. The molecule has 1 fully saturated rings. The second kappa shape index (κ2) is 13.1. The van der Waals surface area contributed by atoms with Crippen LogP contribution in [0.5, 0.6) is 0 Å². The van der Waals surface area contributed by atoms with Crippen LogP contribution in [0.1, 0.15) is 17.5 Å². The van der Waals surface area contributed by atoms with Gasteiger partial charge < -0.3 is 30.1 Å². The van der Waals surface area contributed by atoms with E-state index in [4.69, 9.17) is 9.47 Å². The normalized spacial score (nSPS) is 24.0. The maximum atomic E-state index is 13.7. The predicted molar refractivity (Wildman–Crippen MR) is 155 cm³/mol. The maximum Gasteiger partial charge on any atom is 0.340 e. The zero-order valence-corrected chi connectivity index (χ0v) is 23.9. The van der Waals surface area contributed by atoms with Gasteiger partial charge in [0.05, 0.1) is 12.1 Å². The number of hydrogen-bond acceptors (Lipinski definition) is 7. The van der Waals surface area contributed by atoms with Crippen molar-refractivity contribution < 1.29 is 29.0 Å². The Morgan fingerprint density at radius 1 is 1.10 bits per heavy atom. The summed E-state index contributed by atoms with van der Waals surface area (Å²) in [6, 6.07) is 15.1. The topological polar surface area (TPSA) is 120 Å². The minimum absolute atomic E-state index is 0.117. The van der Waals surface area contributed by atoms with Crippen molar-refractivity contribution in [2.24, 2.45) is 0 Å². The lowest BCUT2D eigenvalue weighted by molar-refractivity contribution is -0.166. The number of carboxylic acids is 1. The number of carboxylic acid groups (broad SMARTS) is 1. The minimum Gasteiger partial charge on any atom is -0.479 e. The van der Waals surface area contributed by atoms with Crippen LogP contribution in [0.3, 0.4) is 0 Å². The first-order valence-electron chi connectivity index (χ1n) is 13.5. The number of urea groups is 1. The highest BCUT2D eigenvalue weighted by molar-refractivity contribution is 5.91. The highest BCUT2D eigenvalue weighted by atomic mass is 16.5. The van der Waals surface area contributed by atoms with Crippen molar-refractivity contribution in [3.8, 4) is 0 Å². The molecule has 0 radical (unpaired) electrons. The van der Waals surface area contributed by atoms with E-state index < -0.39 is 35.8 Å². The van der Waals surface area contributed by atoms with Gasteiger partial charge in [0.2, 0.25) is 0 Å². The summed E-state index contributed by atoms with van der Waals surface area (Å²) >= 11 is 0. The number of aryl methyl sites for hydroxylation is 1. The third-order valence-corrected chi connectivity index (χ3v) is 7.57. The molecule has 1 heterocycles. The molecule has 2 aliphatic rings. The van der Waals surface area contributed by atoms with Gasteiger partial charge in [-0.15, -0.1) is 0 Å². The first kappa shape index (κ1) is 30.0. The van der Waals surface area contributed by atoms with E-state index >= 15 is 0 Å². The summed E-state index contributed by atoms with van der Waals surface area (Å²) in [6.07, 6.45) is 4.69. The second-order valence-electron chi connectivity index (χ2n) is 10.6. The van der Waals surface area contributed by atoms with E-state index in [0.717, 1.165) is 16.8 Å². The summed E-state index contributed by atoms with van der Waals surface area (Å²) < 4.78 is 11.9. The van der Waals surface area contributed by atoms with Gasteiger partial charge in [0.1, 0.15) is 12.8 Å². The summed E-state index contributed by atoms with van der Waals surface area (Å²) in [4.78, 5) is 42.7. The molecule has 0 bridgehead atoms. The molecule has 3 N–H and O–H groups in total. The number of Topliss-reactive ketones (excluding diaryl/α,β-unsaturated/α-hetero) is 1. The molecule has 3 unspecified atom stereocenters. The second-order valence-corrected chi connectivity index (χ2v) is 10.6. The van der Waals surface area contributed by atoms with E-state index in [1.807, 2.05) is 86.6 Å². The van der Waals surface area contributed by atoms with Crippen molar-refractivity contribution in [3.05, 3.63) is 89.6 Å². The Morgan fingerprint density at radius 2 is 1.80 bits per heavy atom. The standard InChI is InChI=1S/C31H38N4O6/c1-21-10-8-9-13-24(21)32-30(39)33-25-19-35(20-41-31(29(37)38)16-14-23(15-17-31)34(2)3)27(28(25)40-4)26(36)18-22-11-6-5-7-12-22/h5-16,25,27-28H,17-20H2,1-4H3,(H,37,38)(H2,32,33,39)/t25?,27-,28?,31?/m1/s1. The maximum absolute atomic E-state index is 13.7. The molecule has 2 aromatic rings. The SMILES string of the molecule is COC1C(NC(=O)Nc2ccccc2C)CN(COC2(C(=O)O)C=CC(N(C)C)=CC2)[C@@H]1C(=O)Cc1ccccc1. The van der Waals surface area contributed by atoms with E-state index in [2.05, 4.69) is 10.6 Å². The summed E-state index contributed by atoms with van der Waals surface area (Å²) in [6.45, 7) is 1.97. The number of carbonyl (C=O) groups is 3. The predicted octanol–water partition coefficient (Wildman–Crippen LogP) is 3.20. The quantitative estimate of drug-likeness (QED) is 0.382. The molecule has 218 valence electrons. The van der Waals surface area contributed by atoms with Crippen molar-refractivity contribution in [1.29, 1.82) is 0 Å². The number of rotatable bonds is 11. The highest BCUT2D eigenvalue weighted by Gasteiger charge is 2.48. The number of anilines is 1. The van der Waals surface area contributed by atoms with Crippen LogP contribution in [0.15, 0.2) is 78.5 Å². The van der Waals surface area contributed by atoms with Crippen LogP contribution in [-0.4, -0.2) is 91.0 Å². The van der Waals surface area contributed by atoms with Crippen LogP contribution >= 0.6 is 0 Å². The zero-order valence-electron chi connectivity index (χ0n) is 23.9. The molecule has 1 saturated heterocycles. The fraction of sp³-hybridized carbons (Fsp3) is 0.387. The summed E-state index contributed by atoms with van der Waals surface area (Å²) in [5.74, 6) is -1.24. The van der Waals surface area contributed by atoms with Crippen molar-refractivity contribution in [2.45, 2.75) is 43.6 Å². The Balaban J connectivity index is 1.54. The van der Waals surface area contributed by atoms with Crippen molar-refractivity contribution in [2.75, 3.05) is 39.8 Å². The molecule has 41 heavy (non-hydrogen) atoms. The minimum atomic E-state index is -1.58. The van der Waals surface area contributed by atoms with Gasteiger partial charge in [-0.25, -0.2) is 9.59 Å². The Morgan fingerprint density at radius 3 is 2.41 bits per heavy atom. The molecule has 0 saturated carbocycles. The number of likely N-dealkylation sites (tertiary alicyclic amines) is 1. The lowest BCUT2D eigenvalue weighted by Gasteiger charge is -2.33. The number of benzene rings is 2. The molecule has 2 aromatic carbocycles. The molecule has 1 aliphatic carbocycles. The molecular formula is C31H38N4O6. The van der Waals surface area contributed by atoms with Crippen LogP contribution in [-0.2, 0) is 25.5 Å². The largest absolute Gasteiger partial charge is 0.479 e. The number of methoxy groups -OCH3 is 1. The van der Waals surface area contributed by atoms with Crippen LogP contribution < -0.4 is 10.6 Å². The molecule has 10 heteroatoms. The molecule has 10 nitrogen and oxygen atoms in total. The average Bonchev–Trinajstić information content (AvgIpc) is 3.30. The summed E-state index contributed by atoms with van der Waals surface area (Å²) in [5.41, 5.74) is 1.73. The van der Waals surface area contributed by atoms with Crippen LogP contribution in [0, 0.1) is 6.92 Å². The molecule has 2 amide bonds. The van der Waals surface area contributed by atoms with Gasteiger partial charge in [0, 0.05) is 52.0 Å². The number of likely N-dealkylation sites (N-methyl/N-ethyl adjacent to an activating group) is 1. The van der Waals surface area contributed by atoms with Crippen LogP contribution in [0.25, 0.3) is 0 Å². The van der Waals surface area contributed by atoms with E-state index in [1.165, 1.54) is 7.11 Å². The van der Waals surface area contributed by atoms with Crippen LogP contribution in [0.2, 0.25) is 0 Å². The Bertz CT molecular complexity index is 1310. The van der Waals surface area contributed by atoms with Gasteiger partial charge in [-0.1, -0.05) is 54.6 Å². The molecule has 4 rings (SSSR count). The van der Waals surface area contributed by atoms with Gasteiger partial charge in [0.25, 0.3) is 0 Å². The van der Waals surface area contributed by atoms with Gasteiger partial charge >= 0.3 is 12.0 Å². The number of aliphatic carboxylic acids is 1. The number of nitrogens with zero attached hydrogens (tertiary/aromatic N) is 2. The molecule has 0 aromatic heterocycles. The van der Waals surface area contributed by atoms with Gasteiger partial charge in [-0.2, -0.15) is 0 Å². The Kier molecular flexibility index (Phi) is 9.59. The fourth-order valence-corrected chi connectivity index (χ4v) is 5.25. The number of ketones is 1. The van der Waals surface area contributed by atoms with Crippen LogP contribution in [0.4, 0.5) is 10.5 Å². The van der Waals surface area contributed by atoms with E-state index in [1.54, 1.807) is 17.1 Å². The average molecular weight is 563 g/mol. The molecular weight excluding hydrogens is 524 g/mol. The van der Waals surface area contributed by atoms with Gasteiger partial charge in [0.15, 0.2) is 11.4 Å². The first-order chi connectivity index (χ1) is 19.6. The number of nitrogens with one attached hydrogen (secondary N) is 2. The van der Waals surface area contributed by atoms with Crippen molar-refractivity contribution in [1.82, 2.24) is 15.1 Å². The number of carbonyl (C=O) groups excluding carboxylic acids is 2. The first-order valence-corrected chi connectivity index (χ1v) is 13.5. The third-order valence-electron chi connectivity index (χ3n) is 7.57. The number of allylic oxidation sites excluding steroid dienone is 1.